The lowest BCUT2D eigenvalue weighted by Crippen LogP contribution is -1.61. The summed E-state index contributed by atoms with van der Waals surface area (Å²) in [6.07, 6.45) is 3.57. The fraction of sp³-hybridized carbons (Fsp3) is 0.286. The van der Waals surface area contributed by atoms with Crippen molar-refractivity contribution in [2.24, 2.45) is 4.99 Å². The molecule has 50 valence electrons. The molecule has 0 atom stereocenters. The standard InChI is InChI=1S/C7H11NS/c1-4-8-6-7(3)9-5-2/h4-6H,2H2,1,3H3/b7-6-,8-4-. The zero-order valence-electron chi connectivity index (χ0n) is 5.79. The molecule has 9 heavy (non-hydrogen) atoms. The van der Waals surface area contributed by atoms with Gasteiger partial charge in [0.2, 0.25) is 0 Å². The lowest BCUT2D eigenvalue weighted by molar-refractivity contribution is 1.51. The molecule has 0 aromatic heterocycles. The van der Waals surface area contributed by atoms with Crippen LogP contribution in [0.25, 0.3) is 0 Å². The molecule has 0 spiro atoms. The van der Waals surface area contributed by atoms with Gasteiger partial charge < -0.3 is 0 Å². The van der Waals surface area contributed by atoms with Crippen LogP contribution in [0.2, 0.25) is 0 Å². The molecule has 0 fully saturated rings. The van der Waals surface area contributed by atoms with Gasteiger partial charge in [0.05, 0.1) is 0 Å². The molecular formula is C7H11NS. The van der Waals surface area contributed by atoms with Crippen molar-refractivity contribution in [3.63, 3.8) is 0 Å². The van der Waals surface area contributed by atoms with Crippen molar-refractivity contribution in [1.82, 2.24) is 0 Å². The van der Waals surface area contributed by atoms with Crippen LogP contribution < -0.4 is 0 Å². The minimum atomic E-state index is 1.16. The van der Waals surface area contributed by atoms with E-state index in [-0.39, 0.29) is 0 Å². The largest absolute Gasteiger partial charge is 0.269 e. The molecule has 0 aromatic carbocycles. The molecule has 0 amide bonds. The Hall–Kier alpha value is -0.500. The maximum absolute atomic E-state index is 3.93. The Morgan fingerprint density at radius 3 is 2.78 bits per heavy atom. The molecule has 0 aliphatic rings. The quantitative estimate of drug-likeness (QED) is 0.550. The molecule has 0 aliphatic heterocycles. The predicted molar refractivity (Wildman–Crippen MR) is 45.7 cm³/mol. The summed E-state index contributed by atoms with van der Waals surface area (Å²) in [5, 5.41) is 1.79. The number of aliphatic imine (C=N–C) groups is 1. The Balaban J connectivity index is 3.68. The molecule has 0 N–H and O–H groups in total. The van der Waals surface area contributed by atoms with E-state index in [9.17, 15) is 0 Å². The highest BCUT2D eigenvalue weighted by Gasteiger charge is 1.79. The summed E-state index contributed by atoms with van der Waals surface area (Å²) in [5.41, 5.74) is 0. The van der Waals surface area contributed by atoms with Crippen LogP contribution in [0.1, 0.15) is 13.8 Å². The first-order valence-electron chi connectivity index (χ1n) is 2.73. The lowest BCUT2D eigenvalue weighted by Gasteiger charge is -1.87. The second kappa shape index (κ2) is 5.63. The van der Waals surface area contributed by atoms with Gasteiger partial charge in [-0.15, -0.1) is 11.8 Å². The average Bonchev–Trinajstić information content (AvgIpc) is 1.85. The van der Waals surface area contributed by atoms with Gasteiger partial charge >= 0.3 is 0 Å². The molecule has 2 heteroatoms. The predicted octanol–water partition coefficient (Wildman–Crippen LogP) is 2.82. The highest BCUT2D eigenvalue weighted by Crippen LogP contribution is 2.13. The third-order valence-corrected chi connectivity index (χ3v) is 1.32. The van der Waals surface area contributed by atoms with E-state index in [1.54, 1.807) is 23.4 Å². The number of hydrogen-bond donors (Lipinski definition) is 0. The maximum Gasteiger partial charge on any atom is 0.0359 e. The summed E-state index contributed by atoms with van der Waals surface area (Å²) < 4.78 is 0. The van der Waals surface area contributed by atoms with Crippen LogP contribution in [0.4, 0.5) is 0 Å². The number of thioether (sulfide) groups is 1. The van der Waals surface area contributed by atoms with E-state index in [1.165, 1.54) is 0 Å². The van der Waals surface area contributed by atoms with Crippen molar-refractivity contribution in [1.29, 1.82) is 0 Å². The van der Waals surface area contributed by atoms with Gasteiger partial charge in [-0.2, -0.15) is 0 Å². The minimum Gasteiger partial charge on any atom is -0.269 e. The summed E-state index contributed by atoms with van der Waals surface area (Å²) in [4.78, 5) is 5.09. The van der Waals surface area contributed by atoms with Crippen LogP contribution in [0, 0.1) is 0 Å². The summed E-state index contributed by atoms with van der Waals surface area (Å²) in [5.74, 6) is 0. The molecular weight excluding hydrogens is 130 g/mol. The monoisotopic (exact) mass is 141 g/mol. The molecule has 0 saturated heterocycles. The van der Waals surface area contributed by atoms with Gasteiger partial charge in [-0.1, -0.05) is 6.58 Å². The molecule has 0 aromatic rings. The van der Waals surface area contributed by atoms with Crippen LogP contribution in [-0.2, 0) is 0 Å². The first kappa shape index (κ1) is 8.50. The van der Waals surface area contributed by atoms with Crippen molar-refractivity contribution < 1.29 is 0 Å². The van der Waals surface area contributed by atoms with E-state index in [2.05, 4.69) is 11.6 Å². The Bertz CT molecular complexity index is 136. The normalized spacial score (nSPS) is 12.4. The fourth-order valence-electron chi connectivity index (χ4n) is 0.341. The van der Waals surface area contributed by atoms with Gasteiger partial charge in [-0.3, -0.25) is 4.99 Å². The third-order valence-electron chi connectivity index (χ3n) is 0.675. The molecule has 0 radical (unpaired) electrons. The summed E-state index contributed by atoms with van der Waals surface area (Å²) in [7, 11) is 0. The number of nitrogens with zero attached hydrogens (tertiary/aromatic N) is 1. The summed E-state index contributed by atoms with van der Waals surface area (Å²) in [6.45, 7) is 7.47. The van der Waals surface area contributed by atoms with Gasteiger partial charge in [0.1, 0.15) is 0 Å². The van der Waals surface area contributed by atoms with Gasteiger partial charge in [-0.05, 0) is 19.3 Å². The second-order valence-corrected chi connectivity index (χ2v) is 2.64. The molecule has 0 unspecified atom stereocenters. The molecule has 0 heterocycles. The van der Waals surface area contributed by atoms with Crippen molar-refractivity contribution in [2.75, 3.05) is 0 Å². The number of allylic oxidation sites excluding steroid dienone is 1. The maximum atomic E-state index is 3.93. The minimum absolute atomic E-state index is 1.16. The summed E-state index contributed by atoms with van der Waals surface area (Å²) in [6, 6.07) is 0. The lowest BCUT2D eigenvalue weighted by atomic mass is 10.7. The third kappa shape index (κ3) is 5.37. The Labute approximate surface area is 60.6 Å². The topological polar surface area (TPSA) is 12.4 Å². The molecule has 0 aliphatic carbocycles. The van der Waals surface area contributed by atoms with E-state index >= 15 is 0 Å². The summed E-state index contributed by atoms with van der Waals surface area (Å²) >= 11 is 1.58. The first-order chi connectivity index (χ1) is 4.31. The van der Waals surface area contributed by atoms with E-state index in [0.717, 1.165) is 4.91 Å². The first-order valence-corrected chi connectivity index (χ1v) is 3.61. The number of rotatable bonds is 3. The van der Waals surface area contributed by atoms with Crippen LogP contribution in [0.15, 0.2) is 28.1 Å². The van der Waals surface area contributed by atoms with E-state index in [0.29, 0.717) is 0 Å². The molecule has 0 saturated carbocycles. The van der Waals surface area contributed by atoms with Crippen LogP contribution in [0.3, 0.4) is 0 Å². The molecule has 0 rings (SSSR count). The van der Waals surface area contributed by atoms with Crippen LogP contribution in [0.5, 0.6) is 0 Å². The smallest absolute Gasteiger partial charge is 0.0359 e. The average molecular weight is 141 g/mol. The van der Waals surface area contributed by atoms with Crippen LogP contribution in [-0.4, -0.2) is 6.21 Å². The second-order valence-electron chi connectivity index (χ2n) is 1.43. The van der Waals surface area contributed by atoms with Crippen molar-refractivity contribution in [3.05, 3.63) is 23.1 Å². The Morgan fingerprint density at radius 2 is 2.33 bits per heavy atom. The van der Waals surface area contributed by atoms with Crippen molar-refractivity contribution in [2.45, 2.75) is 13.8 Å². The van der Waals surface area contributed by atoms with E-state index in [1.807, 2.05) is 20.0 Å². The van der Waals surface area contributed by atoms with Gasteiger partial charge in [0, 0.05) is 17.3 Å². The van der Waals surface area contributed by atoms with Gasteiger partial charge in [0.25, 0.3) is 0 Å². The highest BCUT2D eigenvalue weighted by atomic mass is 32.2. The van der Waals surface area contributed by atoms with Crippen molar-refractivity contribution >= 4 is 18.0 Å². The molecule has 0 bridgehead atoms. The Kier molecular flexibility index (Phi) is 5.32. The van der Waals surface area contributed by atoms with Crippen LogP contribution >= 0.6 is 11.8 Å². The van der Waals surface area contributed by atoms with Crippen molar-refractivity contribution in [3.8, 4) is 0 Å². The number of hydrogen-bond acceptors (Lipinski definition) is 2. The molecule has 1 nitrogen and oxygen atoms in total. The van der Waals surface area contributed by atoms with Gasteiger partial charge in [0.15, 0.2) is 0 Å². The van der Waals surface area contributed by atoms with Gasteiger partial charge in [-0.25, -0.2) is 0 Å². The van der Waals surface area contributed by atoms with E-state index < -0.39 is 0 Å². The fourth-order valence-corrected chi connectivity index (χ4v) is 0.726. The van der Waals surface area contributed by atoms with E-state index in [4.69, 9.17) is 0 Å². The highest BCUT2D eigenvalue weighted by molar-refractivity contribution is 8.05. The zero-order chi connectivity index (χ0) is 7.11. The zero-order valence-corrected chi connectivity index (χ0v) is 6.61. The Morgan fingerprint density at radius 1 is 1.67 bits per heavy atom. The SMILES string of the molecule is C=CS/C(C)=C\N=C/C.